The molecule has 0 radical (unpaired) electrons. The predicted molar refractivity (Wildman–Crippen MR) is 97.0 cm³/mol. The monoisotopic (exact) mass is 324 g/mol. The summed E-state index contributed by atoms with van der Waals surface area (Å²) in [6.07, 6.45) is -0.258. The van der Waals surface area contributed by atoms with E-state index in [4.69, 9.17) is 4.74 Å². The number of para-hydroxylation sites is 1. The first-order chi connectivity index (χ1) is 11.5. The highest BCUT2D eigenvalue weighted by molar-refractivity contribution is 6.01. The molecular weight excluding hydrogens is 300 g/mol. The Hall–Kier alpha value is -2.33. The van der Waals surface area contributed by atoms with Gasteiger partial charge in [-0.15, -0.1) is 0 Å². The lowest BCUT2D eigenvalue weighted by Crippen LogP contribution is -2.38. The first-order valence-corrected chi connectivity index (χ1v) is 8.19. The van der Waals surface area contributed by atoms with Crippen molar-refractivity contribution in [1.29, 1.82) is 0 Å². The maximum atomic E-state index is 13.0. The van der Waals surface area contributed by atoms with Crippen molar-refractivity contribution in [2.75, 3.05) is 39.6 Å². The normalized spacial score (nSPS) is 19.8. The fraction of sp³-hybridized carbons (Fsp3) is 0.350. The van der Waals surface area contributed by atoms with E-state index in [0.717, 1.165) is 11.3 Å². The largest absolute Gasteiger partial charge is 0.484 e. The minimum atomic E-state index is -0.258. The fourth-order valence-corrected chi connectivity index (χ4v) is 3.16. The molecule has 2 aromatic carbocycles. The summed E-state index contributed by atoms with van der Waals surface area (Å²) in [5, 5.41) is 0. The smallest absolute Gasteiger partial charge is 0.175 e. The Morgan fingerprint density at radius 3 is 2.25 bits per heavy atom. The molecule has 2 aromatic rings. The van der Waals surface area contributed by atoms with Gasteiger partial charge >= 0.3 is 0 Å². The molecule has 1 aliphatic rings. The first kappa shape index (κ1) is 16.5. The van der Waals surface area contributed by atoms with Crippen molar-refractivity contribution in [1.82, 2.24) is 4.90 Å². The first-order valence-electron chi connectivity index (χ1n) is 8.19. The summed E-state index contributed by atoms with van der Waals surface area (Å²) in [7, 11) is 8.00. The standard InChI is InChI=1S/C20H24N2O2/c1-21(2)13-17-19(23)16-7-5-6-8-18(16)24-20(17)14-9-11-15(12-10-14)22(3)4/h5-12,17,20H,13H2,1-4H3. The number of fused-ring (bicyclic) bond motifs is 1. The lowest BCUT2D eigenvalue weighted by atomic mass is 9.85. The number of anilines is 1. The highest BCUT2D eigenvalue weighted by Gasteiger charge is 2.38. The summed E-state index contributed by atoms with van der Waals surface area (Å²) >= 11 is 0. The van der Waals surface area contributed by atoms with Crippen LogP contribution in [0.4, 0.5) is 5.69 Å². The highest BCUT2D eigenvalue weighted by atomic mass is 16.5. The van der Waals surface area contributed by atoms with Gasteiger partial charge < -0.3 is 14.5 Å². The molecule has 4 heteroatoms. The maximum Gasteiger partial charge on any atom is 0.175 e. The van der Waals surface area contributed by atoms with Gasteiger partial charge in [-0.25, -0.2) is 0 Å². The van der Waals surface area contributed by atoms with Gasteiger partial charge in [0.2, 0.25) is 0 Å². The summed E-state index contributed by atoms with van der Waals surface area (Å²) in [4.78, 5) is 17.1. The van der Waals surface area contributed by atoms with E-state index in [2.05, 4.69) is 29.2 Å². The number of rotatable bonds is 4. The number of ketones is 1. The molecule has 0 bridgehead atoms. The third-order valence-electron chi connectivity index (χ3n) is 4.41. The molecule has 0 aromatic heterocycles. The van der Waals surface area contributed by atoms with Crippen LogP contribution in [-0.4, -0.2) is 45.4 Å². The zero-order chi connectivity index (χ0) is 17.3. The van der Waals surface area contributed by atoms with Gasteiger partial charge in [-0.3, -0.25) is 4.79 Å². The predicted octanol–water partition coefficient (Wildman–Crippen LogP) is 3.25. The fourth-order valence-electron chi connectivity index (χ4n) is 3.16. The van der Waals surface area contributed by atoms with Crippen LogP contribution in [0, 0.1) is 5.92 Å². The second-order valence-corrected chi connectivity index (χ2v) is 6.75. The van der Waals surface area contributed by atoms with E-state index in [9.17, 15) is 4.79 Å². The molecule has 0 aliphatic carbocycles. The number of carbonyl (C=O) groups is 1. The van der Waals surface area contributed by atoms with Crippen LogP contribution in [0.25, 0.3) is 0 Å². The Labute approximate surface area is 143 Å². The Morgan fingerprint density at radius 1 is 0.958 bits per heavy atom. The quantitative estimate of drug-likeness (QED) is 0.864. The van der Waals surface area contributed by atoms with Crippen LogP contribution in [0.2, 0.25) is 0 Å². The third kappa shape index (κ3) is 3.15. The van der Waals surface area contributed by atoms with Crippen molar-refractivity contribution in [3.05, 3.63) is 59.7 Å². The second-order valence-electron chi connectivity index (χ2n) is 6.75. The topological polar surface area (TPSA) is 32.8 Å². The van der Waals surface area contributed by atoms with Gasteiger partial charge in [-0.1, -0.05) is 24.3 Å². The summed E-state index contributed by atoms with van der Waals surface area (Å²) in [6, 6.07) is 15.8. The molecule has 0 N–H and O–H groups in total. The average molecular weight is 324 g/mol. The number of hydrogen-bond donors (Lipinski definition) is 0. The van der Waals surface area contributed by atoms with Gasteiger partial charge in [-0.2, -0.15) is 0 Å². The molecule has 4 nitrogen and oxygen atoms in total. The number of carbonyl (C=O) groups excluding carboxylic acids is 1. The van der Waals surface area contributed by atoms with E-state index < -0.39 is 0 Å². The number of benzene rings is 2. The molecule has 3 rings (SSSR count). The lowest BCUT2D eigenvalue weighted by Gasteiger charge is -2.34. The van der Waals surface area contributed by atoms with Crippen LogP contribution in [0.5, 0.6) is 5.75 Å². The van der Waals surface area contributed by atoms with E-state index in [1.165, 1.54) is 0 Å². The van der Waals surface area contributed by atoms with Crippen molar-refractivity contribution in [2.45, 2.75) is 6.10 Å². The lowest BCUT2D eigenvalue weighted by molar-refractivity contribution is 0.0594. The Bertz CT molecular complexity index is 723. The molecule has 0 saturated heterocycles. The Balaban J connectivity index is 1.98. The zero-order valence-corrected chi connectivity index (χ0v) is 14.7. The number of nitrogens with zero attached hydrogens (tertiary/aromatic N) is 2. The van der Waals surface area contributed by atoms with Crippen molar-refractivity contribution >= 4 is 11.5 Å². The summed E-state index contributed by atoms with van der Waals surface area (Å²) in [5.41, 5.74) is 2.85. The van der Waals surface area contributed by atoms with Crippen LogP contribution >= 0.6 is 0 Å². The summed E-state index contributed by atoms with van der Waals surface area (Å²) in [5.74, 6) is 0.631. The molecule has 2 atom stereocenters. The van der Waals surface area contributed by atoms with Crippen LogP contribution in [0.15, 0.2) is 48.5 Å². The minimum absolute atomic E-state index is 0.159. The van der Waals surface area contributed by atoms with Crippen molar-refractivity contribution in [3.8, 4) is 5.75 Å². The molecule has 0 spiro atoms. The molecule has 0 saturated carbocycles. The molecule has 24 heavy (non-hydrogen) atoms. The number of ether oxygens (including phenoxy) is 1. The van der Waals surface area contributed by atoms with Crippen LogP contribution in [0.3, 0.4) is 0 Å². The third-order valence-corrected chi connectivity index (χ3v) is 4.41. The van der Waals surface area contributed by atoms with Crippen molar-refractivity contribution in [3.63, 3.8) is 0 Å². The average Bonchev–Trinajstić information content (AvgIpc) is 2.57. The van der Waals surface area contributed by atoms with Gasteiger partial charge in [0.1, 0.15) is 11.9 Å². The number of hydrogen-bond acceptors (Lipinski definition) is 4. The van der Waals surface area contributed by atoms with E-state index in [-0.39, 0.29) is 17.8 Å². The number of Topliss-reactive ketones (excluding diaryl/α,β-unsaturated/α-hetero) is 1. The SMILES string of the molecule is CN(C)CC1C(=O)c2ccccc2OC1c1ccc(N(C)C)cc1. The zero-order valence-electron chi connectivity index (χ0n) is 14.7. The van der Waals surface area contributed by atoms with E-state index in [1.54, 1.807) is 0 Å². The summed E-state index contributed by atoms with van der Waals surface area (Å²) in [6.45, 7) is 0.660. The van der Waals surface area contributed by atoms with Crippen molar-refractivity contribution < 1.29 is 9.53 Å². The van der Waals surface area contributed by atoms with Crippen LogP contribution in [0.1, 0.15) is 22.0 Å². The van der Waals surface area contributed by atoms with Gasteiger partial charge in [0.05, 0.1) is 11.5 Å². The molecule has 126 valence electrons. The van der Waals surface area contributed by atoms with Crippen LogP contribution < -0.4 is 9.64 Å². The molecule has 0 amide bonds. The molecule has 0 fully saturated rings. The second kappa shape index (κ2) is 6.65. The van der Waals surface area contributed by atoms with Crippen LogP contribution in [-0.2, 0) is 0 Å². The summed E-state index contributed by atoms with van der Waals surface area (Å²) < 4.78 is 6.24. The molecular formula is C20H24N2O2. The van der Waals surface area contributed by atoms with Gasteiger partial charge in [0, 0.05) is 26.3 Å². The van der Waals surface area contributed by atoms with Gasteiger partial charge in [0.15, 0.2) is 5.78 Å². The molecule has 1 heterocycles. The molecule has 2 unspecified atom stereocenters. The van der Waals surface area contributed by atoms with Gasteiger partial charge in [0.25, 0.3) is 0 Å². The van der Waals surface area contributed by atoms with E-state index in [0.29, 0.717) is 17.9 Å². The van der Waals surface area contributed by atoms with Gasteiger partial charge in [-0.05, 0) is 43.9 Å². The Kier molecular flexibility index (Phi) is 4.58. The van der Waals surface area contributed by atoms with Crippen molar-refractivity contribution in [2.24, 2.45) is 5.92 Å². The molecule has 1 aliphatic heterocycles. The Morgan fingerprint density at radius 2 is 1.62 bits per heavy atom. The highest BCUT2D eigenvalue weighted by Crippen LogP contribution is 2.39. The minimum Gasteiger partial charge on any atom is -0.484 e. The van der Waals surface area contributed by atoms with E-state index in [1.807, 2.05) is 57.4 Å². The van der Waals surface area contributed by atoms with E-state index >= 15 is 0 Å². The maximum absolute atomic E-state index is 13.0.